The largest absolute Gasteiger partial charge is 0.311 e. The lowest BCUT2D eigenvalue weighted by atomic mass is 9.46. The Morgan fingerprint density at radius 1 is 0.301 bits per heavy atom. The van der Waals surface area contributed by atoms with Crippen molar-refractivity contribution < 1.29 is 0 Å². The van der Waals surface area contributed by atoms with Crippen LogP contribution in [0.15, 0.2) is 267 Å². The molecule has 8 atom stereocenters. The van der Waals surface area contributed by atoms with Crippen LogP contribution in [0.3, 0.4) is 0 Å². The van der Waals surface area contributed by atoms with Crippen LogP contribution in [-0.4, -0.2) is 0 Å². The van der Waals surface area contributed by atoms with Crippen LogP contribution in [0.2, 0.25) is 0 Å². The smallest absolute Gasteiger partial charge is 0.0462 e. The predicted molar refractivity (Wildman–Crippen MR) is 350 cm³/mol. The SMILES string of the molecule is Cc1ccc(N(c2ccccc2)c2ccc(-c3ccc(C4CC5C6CCCCC6C(c6ccc(-c7ccc(N(c8ccccc8)c8ccc(C=C(c9ccccc9)c9ccccc9)cc8)cc7)cc6)CC5C5CCCCC45)cc3)cc2)cc1. The molecule has 8 unspecified atom stereocenters. The summed E-state index contributed by atoms with van der Waals surface area (Å²) in [5.74, 6) is 6.24. The first-order chi connectivity index (χ1) is 41.1. The number of rotatable bonds is 13. The summed E-state index contributed by atoms with van der Waals surface area (Å²) in [4.78, 5) is 4.74. The van der Waals surface area contributed by atoms with Gasteiger partial charge in [0, 0.05) is 34.1 Å². The Morgan fingerprint density at radius 2 is 0.602 bits per heavy atom. The first-order valence-corrected chi connectivity index (χ1v) is 31.2. The van der Waals surface area contributed by atoms with Crippen molar-refractivity contribution in [3.8, 4) is 22.3 Å². The summed E-state index contributed by atoms with van der Waals surface area (Å²) in [5.41, 5.74) is 21.4. The average Bonchev–Trinajstić information content (AvgIpc) is 3.37. The number of hydrogen-bond acceptors (Lipinski definition) is 2. The van der Waals surface area contributed by atoms with Crippen LogP contribution in [0, 0.1) is 42.4 Å². The van der Waals surface area contributed by atoms with Gasteiger partial charge in [0.15, 0.2) is 0 Å². The molecule has 0 aromatic heterocycles. The van der Waals surface area contributed by atoms with Gasteiger partial charge in [0.1, 0.15) is 0 Å². The van der Waals surface area contributed by atoms with E-state index in [9.17, 15) is 0 Å². The van der Waals surface area contributed by atoms with Gasteiger partial charge in [-0.25, -0.2) is 0 Å². The third kappa shape index (κ3) is 10.9. The van der Waals surface area contributed by atoms with E-state index >= 15 is 0 Å². The molecule has 0 bridgehead atoms. The quantitative estimate of drug-likeness (QED) is 0.106. The van der Waals surface area contributed by atoms with Crippen LogP contribution in [-0.2, 0) is 0 Å². The zero-order valence-electron chi connectivity index (χ0n) is 48.1. The van der Waals surface area contributed by atoms with Gasteiger partial charge in [-0.3, -0.25) is 0 Å². The van der Waals surface area contributed by atoms with E-state index in [-0.39, 0.29) is 0 Å². The van der Waals surface area contributed by atoms with E-state index in [1.54, 1.807) is 11.1 Å². The average molecular weight is 1080 g/mol. The van der Waals surface area contributed by atoms with Gasteiger partial charge in [-0.2, -0.15) is 0 Å². The fraction of sp³-hybridized carbons (Fsp3) is 0.235. The van der Waals surface area contributed by atoms with Crippen molar-refractivity contribution in [2.75, 3.05) is 9.80 Å². The minimum absolute atomic E-state index is 0.656. The van der Waals surface area contributed by atoms with Gasteiger partial charge in [-0.1, -0.05) is 225 Å². The highest BCUT2D eigenvalue weighted by atomic mass is 15.1. The molecule has 83 heavy (non-hydrogen) atoms. The van der Waals surface area contributed by atoms with Gasteiger partial charge in [-0.05, 0) is 227 Å². The van der Waals surface area contributed by atoms with E-state index in [1.807, 2.05) is 0 Å². The predicted octanol–water partition coefficient (Wildman–Crippen LogP) is 22.4. The summed E-state index contributed by atoms with van der Waals surface area (Å²) >= 11 is 0. The number of nitrogens with zero attached hydrogens (tertiary/aromatic N) is 2. The molecule has 0 aliphatic heterocycles. The lowest BCUT2D eigenvalue weighted by Gasteiger charge is -2.59. The first kappa shape index (κ1) is 52.6. The van der Waals surface area contributed by atoms with Crippen molar-refractivity contribution in [3.63, 3.8) is 0 Å². The fourth-order valence-corrected chi connectivity index (χ4v) is 16.1. The first-order valence-electron chi connectivity index (χ1n) is 31.2. The second-order valence-corrected chi connectivity index (χ2v) is 24.6. The molecule has 14 rings (SSSR count). The van der Waals surface area contributed by atoms with Gasteiger partial charge in [0.05, 0.1) is 0 Å². The van der Waals surface area contributed by atoms with Crippen LogP contribution in [0.25, 0.3) is 33.9 Å². The molecule has 0 saturated heterocycles. The Bertz CT molecular complexity index is 3700. The minimum atomic E-state index is 0.656. The number of fused-ring (bicyclic) bond motifs is 5. The zero-order chi connectivity index (χ0) is 55.5. The van der Waals surface area contributed by atoms with Gasteiger partial charge in [0.2, 0.25) is 0 Å². The highest BCUT2D eigenvalue weighted by Gasteiger charge is 2.54. The highest BCUT2D eigenvalue weighted by molar-refractivity contribution is 5.92. The molecular formula is C81H76N2. The molecule has 4 aliphatic carbocycles. The molecule has 4 aliphatic rings. The van der Waals surface area contributed by atoms with Crippen molar-refractivity contribution in [2.24, 2.45) is 35.5 Å². The molecule has 2 heteroatoms. The summed E-state index contributed by atoms with van der Waals surface area (Å²) in [6, 6.07) is 99.2. The molecule has 10 aromatic carbocycles. The number of para-hydroxylation sites is 2. The van der Waals surface area contributed by atoms with Crippen LogP contribution in [0.4, 0.5) is 34.1 Å². The Hall–Kier alpha value is -8.46. The topological polar surface area (TPSA) is 6.48 Å². The second-order valence-electron chi connectivity index (χ2n) is 24.6. The Kier molecular flexibility index (Phi) is 15.1. The lowest BCUT2D eigenvalue weighted by Crippen LogP contribution is -2.50. The minimum Gasteiger partial charge on any atom is -0.311 e. The standard InChI is InChI=1S/C81H76N2/c1-57-30-46-69(47-31-57)82(67-22-10-4-11-23-67)71-50-42-61(43-51-71)59-34-38-65(39-35-59)78-55-80-76-29-17-15-27-74(76)79(56-81(80)75-28-16-14-26-73(75)78)66-40-36-60(37-41-66)62-44-52-72(53-45-62)83(68-24-12-5-13-25-68)70-48-32-58(33-49-70)54-77(63-18-6-2-7-19-63)64-20-8-3-9-21-64/h2-13,18-25,30-54,73-76,78-81H,14-17,26-29,55-56H2,1H3. The van der Waals surface area contributed by atoms with Gasteiger partial charge < -0.3 is 9.80 Å². The number of aryl methyl sites for hydroxylation is 1. The van der Waals surface area contributed by atoms with Crippen molar-refractivity contribution in [1.29, 1.82) is 0 Å². The molecule has 0 amide bonds. The van der Waals surface area contributed by atoms with Gasteiger partial charge in [-0.15, -0.1) is 0 Å². The molecule has 2 nitrogen and oxygen atoms in total. The maximum absolute atomic E-state index is 2.54. The molecule has 4 saturated carbocycles. The molecule has 4 fully saturated rings. The van der Waals surface area contributed by atoms with E-state index in [4.69, 9.17) is 0 Å². The third-order valence-electron chi connectivity index (χ3n) is 20.0. The Balaban J connectivity index is 0.681. The zero-order valence-corrected chi connectivity index (χ0v) is 48.1. The number of hydrogen-bond donors (Lipinski definition) is 0. The van der Waals surface area contributed by atoms with Crippen LogP contribution >= 0.6 is 0 Å². The Morgan fingerprint density at radius 3 is 0.976 bits per heavy atom. The number of benzene rings is 10. The van der Waals surface area contributed by atoms with Gasteiger partial charge in [0.25, 0.3) is 0 Å². The van der Waals surface area contributed by atoms with Crippen molar-refractivity contribution in [2.45, 2.75) is 83.0 Å². The molecule has 0 N–H and O–H groups in total. The normalized spacial score (nSPS) is 21.8. The summed E-state index contributed by atoms with van der Waals surface area (Å²) in [6.45, 7) is 2.15. The van der Waals surface area contributed by atoms with E-state index < -0.39 is 0 Å². The number of anilines is 6. The van der Waals surface area contributed by atoms with Gasteiger partial charge >= 0.3 is 0 Å². The maximum Gasteiger partial charge on any atom is 0.0462 e. The molecular weight excluding hydrogens is 1000 g/mol. The summed E-state index contributed by atoms with van der Waals surface area (Å²) in [7, 11) is 0. The maximum atomic E-state index is 2.54. The molecule has 410 valence electrons. The third-order valence-corrected chi connectivity index (χ3v) is 20.0. The van der Waals surface area contributed by atoms with Crippen molar-refractivity contribution in [1.82, 2.24) is 0 Å². The van der Waals surface area contributed by atoms with Crippen molar-refractivity contribution >= 4 is 45.8 Å². The molecule has 0 radical (unpaired) electrons. The highest BCUT2D eigenvalue weighted by Crippen LogP contribution is 2.63. The fourth-order valence-electron chi connectivity index (χ4n) is 16.1. The van der Waals surface area contributed by atoms with Crippen molar-refractivity contribution in [3.05, 3.63) is 300 Å². The van der Waals surface area contributed by atoms with E-state index in [2.05, 4.69) is 290 Å². The van der Waals surface area contributed by atoms with Crippen LogP contribution < -0.4 is 9.80 Å². The molecule has 10 aromatic rings. The second kappa shape index (κ2) is 23.8. The van der Waals surface area contributed by atoms with E-state index in [1.165, 1.54) is 131 Å². The van der Waals surface area contributed by atoms with Crippen LogP contribution in [0.1, 0.15) is 109 Å². The monoisotopic (exact) mass is 1080 g/mol. The Labute approximate surface area is 493 Å². The lowest BCUT2D eigenvalue weighted by molar-refractivity contribution is -0.0614. The summed E-state index contributed by atoms with van der Waals surface area (Å²) in [5, 5.41) is 0. The van der Waals surface area contributed by atoms with E-state index in [0.717, 1.165) is 52.6 Å². The summed E-state index contributed by atoms with van der Waals surface area (Å²) < 4.78 is 0. The molecule has 0 heterocycles. The van der Waals surface area contributed by atoms with E-state index in [0.29, 0.717) is 11.8 Å². The van der Waals surface area contributed by atoms with Crippen LogP contribution in [0.5, 0.6) is 0 Å². The summed E-state index contributed by atoms with van der Waals surface area (Å²) in [6.07, 6.45) is 16.3. The molecule has 0 spiro atoms.